The number of sulfonamides is 1. The van der Waals surface area contributed by atoms with E-state index in [4.69, 9.17) is 21.1 Å². The number of nitrogens with zero attached hydrogens (tertiary/aromatic N) is 2. The highest BCUT2D eigenvalue weighted by atomic mass is 79.9. The van der Waals surface area contributed by atoms with Gasteiger partial charge in [0.15, 0.2) is 11.5 Å². The Kier molecular flexibility index (Phi) is 8.86. The maximum absolute atomic E-state index is 13.1. The lowest BCUT2D eigenvalue weighted by Crippen LogP contribution is -2.44. The Morgan fingerprint density at radius 2 is 1.92 bits per heavy atom. The molecule has 1 fully saturated rings. The lowest BCUT2D eigenvalue weighted by atomic mass is 10.2. The van der Waals surface area contributed by atoms with Crippen molar-refractivity contribution in [3.05, 3.63) is 87.4 Å². The van der Waals surface area contributed by atoms with E-state index in [0.717, 1.165) is 5.56 Å². The lowest BCUT2D eigenvalue weighted by molar-refractivity contribution is -0.124. The molecule has 1 heterocycles. The van der Waals surface area contributed by atoms with Crippen LogP contribution in [-0.4, -0.2) is 44.5 Å². The van der Waals surface area contributed by atoms with Gasteiger partial charge in [-0.05, 0) is 76.3 Å². The number of amides is 1. The van der Waals surface area contributed by atoms with Crippen molar-refractivity contribution >= 4 is 49.7 Å². The van der Waals surface area contributed by atoms with Crippen LogP contribution in [0.25, 0.3) is 0 Å². The Balaban J connectivity index is 1.42. The number of hydrogen-bond acceptors (Lipinski definition) is 6. The summed E-state index contributed by atoms with van der Waals surface area (Å²) in [6.07, 6.45) is 2.43. The Bertz CT molecular complexity index is 1390. The van der Waals surface area contributed by atoms with Crippen LogP contribution in [0.3, 0.4) is 0 Å². The summed E-state index contributed by atoms with van der Waals surface area (Å²) < 4.78 is 39.4. The number of rotatable bonds is 9. The first kappa shape index (κ1) is 27.1. The van der Waals surface area contributed by atoms with Gasteiger partial charge in [-0.3, -0.25) is 4.79 Å². The van der Waals surface area contributed by atoms with Crippen LogP contribution in [0, 0.1) is 0 Å². The Labute approximate surface area is 229 Å². The fourth-order valence-electron chi connectivity index (χ4n) is 3.96. The summed E-state index contributed by atoms with van der Waals surface area (Å²) in [6, 6.07) is 18.3. The molecule has 0 aromatic heterocycles. The number of carbonyl (C=O) groups is 1. The van der Waals surface area contributed by atoms with Gasteiger partial charge in [0.1, 0.15) is 12.6 Å². The molecular formula is C26H25BrClN3O5S. The summed E-state index contributed by atoms with van der Waals surface area (Å²) >= 11 is 9.39. The number of carbonyl (C=O) groups excluding carboxylic acids is 1. The van der Waals surface area contributed by atoms with Crippen LogP contribution >= 0.6 is 27.5 Å². The molecular weight excluding hydrogens is 582 g/mol. The second kappa shape index (κ2) is 12.1. The van der Waals surface area contributed by atoms with Crippen LogP contribution in [-0.2, 0) is 21.4 Å². The largest absolute Gasteiger partial charge is 0.493 e. The Morgan fingerprint density at radius 1 is 1.19 bits per heavy atom. The highest BCUT2D eigenvalue weighted by Gasteiger charge is 2.39. The number of nitrogens with one attached hydrogen (secondary N) is 1. The van der Waals surface area contributed by atoms with Gasteiger partial charge in [-0.15, -0.1) is 0 Å². The first-order valence-electron chi connectivity index (χ1n) is 11.4. The Morgan fingerprint density at radius 3 is 2.62 bits per heavy atom. The van der Waals surface area contributed by atoms with E-state index in [1.165, 1.54) is 41.9 Å². The predicted molar refractivity (Wildman–Crippen MR) is 146 cm³/mol. The third kappa shape index (κ3) is 6.51. The van der Waals surface area contributed by atoms with Crippen molar-refractivity contribution in [1.82, 2.24) is 9.73 Å². The van der Waals surface area contributed by atoms with E-state index in [-0.39, 0.29) is 11.4 Å². The minimum atomic E-state index is -3.85. The number of hydrogen-bond donors (Lipinski definition) is 1. The van der Waals surface area contributed by atoms with Crippen molar-refractivity contribution in [3.8, 4) is 11.5 Å². The van der Waals surface area contributed by atoms with E-state index in [1.807, 2.05) is 30.3 Å². The molecule has 1 saturated heterocycles. The van der Waals surface area contributed by atoms with E-state index in [1.54, 1.807) is 12.1 Å². The molecule has 1 aliphatic rings. The number of benzene rings is 3. The van der Waals surface area contributed by atoms with Gasteiger partial charge in [-0.1, -0.05) is 41.9 Å². The topological polar surface area (TPSA) is 97.3 Å². The Hall–Kier alpha value is -2.92. The third-order valence-electron chi connectivity index (χ3n) is 5.79. The van der Waals surface area contributed by atoms with Crippen LogP contribution in [0.5, 0.6) is 11.5 Å². The van der Waals surface area contributed by atoms with Crippen LogP contribution in [0.1, 0.15) is 24.0 Å². The van der Waals surface area contributed by atoms with Gasteiger partial charge in [0.05, 0.1) is 22.7 Å². The zero-order valence-corrected chi connectivity index (χ0v) is 23.1. The molecule has 0 unspecified atom stereocenters. The maximum atomic E-state index is 13.1. The molecule has 1 aliphatic heterocycles. The molecule has 3 aromatic rings. The molecule has 8 nitrogen and oxygen atoms in total. The normalized spacial score (nSPS) is 16.1. The molecule has 37 heavy (non-hydrogen) atoms. The summed E-state index contributed by atoms with van der Waals surface area (Å²) in [5.41, 5.74) is 4.13. The van der Waals surface area contributed by atoms with E-state index < -0.39 is 22.0 Å². The highest BCUT2D eigenvalue weighted by molar-refractivity contribution is 9.10. The SMILES string of the molecule is COc1cc(/C=N\NC(=O)[C@H]2CCCN2S(=O)(=O)c2ccc(Cl)cc2)cc(Br)c1OCc1ccccc1. The average molecular weight is 607 g/mol. The molecule has 194 valence electrons. The van der Waals surface area contributed by atoms with Crippen LogP contribution in [0.2, 0.25) is 5.02 Å². The van der Waals surface area contributed by atoms with Crippen molar-refractivity contribution < 1.29 is 22.7 Å². The van der Waals surface area contributed by atoms with E-state index in [2.05, 4.69) is 26.5 Å². The first-order valence-corrected chi connectivity index (χ1v) is 14.1. The van der Waals surface area contributed by atoms with E-state index in [0.29, 0.717) is 46.0 Å². The monoisotopic (exact) mass is 605 g/mol. The summed E-state index contributed by atoms with van der Waals surface area (Å²) in [6.45, 7) is 0.622. The minimum Gasteiger partial charge on any atom is -0.493 e. The molecule has 0 spiro atoms. The zero-order valence-electron chi connectivity index (χ0n) is 19.9. The number of halogens is 2. The standard InChI is InChI=1S/C26H25BrClN3O5S/c1-35-24-15-19(14-22(27)25(24)36-17-18-6-3-2-4-7-18)16-29-30-26(32)23-8-5-13-31(23)37(33,34)21-11-9-20(28)10-12-21/h2-4,6-7,9-12,14-16,23H,5,8,13,17H2,1H3,(H,30,32)/b29-16-/t23-/m1/s1. The number of ether oxygens (including phenoxy) is 2. The van der Waals surface area contributed by atoms with Crippen molar-refractivity contribution in [2.45, 2.75) is 30.4 Å². The van der Waals surface area contributed by atoms with Crippen LogP contribution in [0.15, 0.2) is 81.2 Å². The third-order valence-corrected chi connectivity index (χ3v) is 8.56. The highest BCUT2D eigenvalue weighted by Crippen LogP contribution is 2.37. The number of hydrazone groups is 1. The van der Waals surface area contributed by atoms with Crippen molar-refractivity contribution in [2.75, 3.05) is 13.7 Å². The molecule has 0 aliphatic carbocycles. The smallest absolute Gasteiger partial charge is 0.258 e. The molecule has 1 amide bonds. The molecule has 4 rings (SSSR count). The van der Waals surface area contributed by atoms with Gasteiger partial charge < -0.3 is 9.47 Å². The maximum Gasteiger partial charge on any atom is 0.258 e. The summed E-state index contributed by atoms with van der Waals surface area (Å²) in [5.74, 6) is 0.538. The molecule has 0 saturated carbocycles. The van der Waals surface area contributed by atoms with Crippen LogP contribution in [0.4, 0.5) is 0 Å². The molecule has 0 bridgehead atoms. The van der Waals surface area contributed by atoms with Crippen molar-refractivity contribution in [3.63, 3.8) is 0 Å². The second-order valence-corrected chi connectivity index (χ2v) is 11.5. The first-order chi connectivity index (χ1) is 17.8. The zero-order chi connectivity index (χ0) is 26.4. The fraction of sp³-hybridized carbons (Fsp3) is 0.231. The quantitative estimate of drug-likeness (QED) is 0.273. The molecule has 1 atom stereocenters. The van der Waals surface area contributed by atoms with Crippen molar-refractivity contribution in [1.29, 1.82) is 0 Å². The molecule has 3 aromatic carbocycles. The molecule has 0 radical (unpaired) electrons. The molecule has 11 heteroatoms. The second-order valence-electron chi connectivity index (χ2n) is 8.27. The minimum absolute atomic E-state index is 0.0895. The van der Waals surface area contributed by atoms with Gasteiger partial charge in [0.25, 0.3) is 5.91 Å². The number of methoxy groups -OCH3 is 1. The lowest BCUT2D eigenvalue weighted by Gasteiger charge is -2.22. The predicted octanol–water partition coefficient (Wildman–Crippen LogP) is 4.99. The average Bonchev–Trinajstić information content (AvgIpc) is 3.40. The summed E-state index contributed by atoms with van der Waals surface area (Å²) in [5, 5.41) is 4.48. The van der Waals surface area contributed by atoms with Crippen molar-refractivity contribution in [2.24, 2.45) is 5.10 Å². The van der Waals surface area contributed by atoms with Gasteiger partial charge in [-0.2, -0.15) is 9.41 Å². The van der Waals surface area contributed by atoms with Crippen LogP contribution < -0.4 is 14.9 Å². The van der Waals surface area contributed by atoms with Gasteiger partial charge in [0, 0.05) is 11.6 Å². The summed E-state index contributed by atoms with van der Waals surface area (Å²) in [7, 11) is -2.31. The van der Waals surface area contributed by atoms with Gasteiger partial charge in [-0.25, -0.2) is 13.8 Å². The molecule has 1 N–H and O–H groups in total. The fourth-order valence-corrected chi connectivity index (χ4v) is 6.32. The van der Waals surface area contributed by atoms with Gasteiger partial charge in [0.2, 0.25) is 10.0 Å². The summed E-state index contributed by atoms with van der Waals surface area (Å²) in [4.78, 5) is 12.9. The van der Waals surface area contributed by atoms with Gasteiger partial charge >= 0.3 is 0 Å². The van der Waals surface area contributed by atoms with E-state index >= 15 is 0 Å². The van der Waals surface area contributed by atoms with E-state index in [9.17, 15) is 13.2 Å².